The number of terminal acetylenes is 1. The van der Waals surface area contributed by atoms with Gasteiger partial charge in [0, 0.05) is 0 Å². The predicted octanol–water partition coefficient (Wildman–Crippen LogP) is 1.81. The van der Waals surface area contributed by atoms with Gasteiger partial charge in [0.25, 0.3) is 0 Å². The molecule has 1 heteroatoms. The molecule has 13 heavy (non-hydrogen) atoms. The third kappa shape index (κ3) is 0.876. The lowest BCUT2D eigenvalue weighted by molar-refractivity contribution is -0.136. The summed E-state index contributed by atoms with van der Waals surface area (Å²) in [6.45, 7) is 0. The average molecular weight is 176 g/mol. The molecule has 1 nitrogen and oxygen atoms in total. The molecule has 4 fully saturated rings. The van der Waals surface area contributed by atoms with E-state index in [0.717, 1.165) is 11.8 Å². The zero-order valence-corrected chi connectivity index (χ0v) is 7.87. The molecule has 4 bridgehead atoms. The topological polar surface area (TPSA) is 20.2 Å². The Morgan fingerprint density at radius 1 is 1.00 bits per heavy atom. The molecule has 0 heterocycles. The summed E-state index contributed by atoms with van der Waals surface area (Å²) in [5.74, 6) is 5.30. The number of hydrogen-bond acceptors (Lipinski definition) is 1. The van der Waals surface area contributed by atoms with Crippen LogP contribution in [0.2, 0.25) is 0 Å². The van der Waals surface area contributed by atoms with E-state index in [2.05, 4.69) is 5.92 Å². The van der Waals surface area contributed by atoms with Crippen LogP contribution in [0, 0.1) is 36.0 Å². The van der Waals surface area contributed by atoms with Crippen molar-refractivity contribution in [2.45, 2.75) is 37.7 Å². The normalized spacial score (nSPS) is 57.8. The molecule has 0 aromatic rings. The molecule has 0 aromatic carbocycles. The van der Waals surface area contributed by atoms with E-state index >= 15 is 0 Å². The van der Waals surface area contributed by atoms with Crippen molar-refractivity contribution < 1.29 is 5.11 Å². The first-order valence-corrected chi connectivity index (χ1v) is 5.42. The van der Waals surface area contributed by atoms with Crippen LogP contribution in [-0.4, -0.2) is 10.7 Å². The largest absolute Gasteiger partial charge is 0.377 e. The third-order valence-electron chi connectivity index (χ3n) is 4.61. The van der Waals surface area contributed by atoms with Crippen molar-refractivity contribution in [3.63, 3.8) is 0 Å². The second kappa shape index (κ2) is 2.30. The molecule has 4 aliphatic rings. The summed E-state index contributed by atoms with van der Waals surface area (Å²) in [5.41, 5.74) is -0.729. The molecule has 4 saturated carbocycles. The van der Waals surface area contributed by atoms with Crippen molar-refractivity contribution in [3.05, 3.63) is 0 Å². The van der Waals surface area contributed by atoms with E-state index in [1.165, 1.54) is 32.1 Å². The Balaban J connectivity index is 1.99. The Labute approximate surface area is 79.5 Å². The van der Waals surface area contributed by atoms with Crippen LogP contribution in [0.5, 0.6) is 0 Å². The summed E-state index contributed by atoms with van der Waals surface area (Å²) < 4.78 is 0. The molecule has 0 aliphatic heterocycles. The second-order valence-corrected chi connectivity index (χ2v) is 5.27. The molecule has 0 radical (unpaired) electrons. The molecule has 0 amide bonds. The second-order valence-electron chi connectivity index (χ2n) is 5.27. The van der Waals surface area contributed by atoms with Crippen molar-refractivity contribution in [2.75, 3.05) is 0 Å². The average Bonchev–Trinajstić information content (AvgIpc) is 2.13. The molecule has 1 N–H and O–H groups in total. The molecule has 0 atom stereocenters. The first-order valence-electron chi connectivity index (χ1n) is 5.42. The minimum atomic E-state index is -0.729. The SMILES string of the molecule is C#CC1(O)C2CC3CC(C2)CC1C3. The van der Waals surface area contributed by atoms with Gasteiger partial charge < -0.3 is 5.11 Å². The van der Waals surface area contributed by atoms with Gasteiger partial charge in [0.05, 0.1) is 0 Å². The van der Waals surface area contributed by atoms with Gasteiger partial charge >= 0.3 is 0 Å². The van der Waals surface area contributed by atoms with Gasteiger partial charge in [0.2, 0.25) is 0 Å². The standard InChI is InChI=1S/C12H16O/c1-2-12(13)10-4-8-3-9(6-10)7-11(12)5-8/h1,8-11,13H,3-7H2. The van der Waals surface area contributed by atoms with Crippen molar-refractivity contribution >= 4 is 0 Å². The highest BCUT2D eigenvalue weighted by Gasteiger charge is 2.55. The van der Waals surface area contributed by atoms with Gasteiger partial charge in [0.1, 0.15) is 5.60 Å². The van der Waals surface area contributed by atoms with Crippen LogP contribution >= 0.6 is 0 Å². The van der Waals surface area contributed by atoms with Crippen molar-refractivity contribution in [1.82, 2.24) is 0 Å². The molecule has 4 aliphatic carbocycles. The van der Waals surface area contributed by atoms with Crippen molar-refractivity contribution in [1.29, 1.82) is 0 Å². The molecule has 0 spiro atoms. The van der Waals surface area contributed by atoms with Gasteiger partial charge in [0.15, 0.2) is 0 Å². The first-order chi connectivity index (χ1) is 6.22. The Kier molecular flexibility index (Phi) is 1.40. The summed E-state index contributed by atoms with van der Waals surface area (Å²) in [4.78, 5) is 0. The summed E-state index contributed by atoms with van der Waals surface area (Å²) in [5, 5.41) is 10.4. The van der Waals surface area contributed by atoms with Gasteiger partial charge in [-0.15, -0.1) is 6.42 Å². The quantitative estimate of drug-likeness (QED) is 0.558. The third-order valence-corrected chi connectivity index (χ3v) is 4.61. The van der Waals surface area contributed by atoms with Gasteiger partial charge in [-0.05, 0) is 55.8 Å². The zero-order chi connectivity index (χ0) is 9.05. The summed E-state index contributed by atoms with van der Waals surface area (Å²) in [7, 11) is 0. The summed E-state index contributed by atoms with van der Waals surface area (Å²) in [6.07, 6.45) is 11.7. The van der Waals surface area contributed by atoms with E-state index in [1.807, 2.05) is 0 Å². The fourth-order valence-corrected chi connectivity index (χ4v) is 4.14. The van der Waals surface area contributed by atoms with E-state index in [-0.39, 0.29) is 0 Å². The number of rotatable bonds is 0. The smallest absolute Gasteiger partial charge is 0.130 e. The van der Waals surface area contributed by atoms with Gasteiger partial charge in [-0.2, -0.15) is 0 Å². The Morgan fingerprint density at radius 3 is 1.85 bits per heavy atom. The predicted molar refractivity (Wildman–Crippen MR) is 50.8 cm³/mol. The van der Waals surface area contributed by atoms with Crippen LogP contribution in [0.3, 0.4) is 0 Å². The molecule has 0 saturated heterocycles. The van der Waals surface area contributed by atoms with Gasteiger partial charge in [-0.3, -0.25) is 0 Å². The van der Waals surface area contributed by atoms with Crippen LogP contribution < -0.4 is 0 Å². The Hall–Kier alpha value is -0.480. The molecule has 0 aromatic heterocycles. The monoisotopic (exact) mass is 176 g/mol. The minimum Gasteiger partial charge on any atom is -0.377 e. The maximum Gasteiger partial charge on any atom is 0.130 e. The lowest BCUT2D eigenvalue weighted by Crippen LogP contribution is -2.56. The van der Waals surface area contributed by atoms with Crippen LogP contribution in [0.15, 0.2) is 0 Å². The first kappa shape index (κ1) is 7.88. The highest BCUT2D eigenvalue weighted by molar-refractivity contribution is 5.20. The van der Waals surface area contributed by atoms with Crippen LogP contribution in [0.25, 0.3) is 0 Å². The summed E-state index contributed by atoms with van der Waals surface area (Å²) in [6, 6.07) is 0. The lowest BCUT2D eigenvalue weighted by Gasteiger charge is -2.56. The maximum atomic E-state index is 10.4. The number of hydrogen-bond donors (Lipinski definition) is 1. The summed E-state index contributed by atoms with van der Waals surface area (Å²) >= 11 is 0. The van der Waals surface area contributed by atoms with E-state index < -0.39 is 5.60 Å². The lowest BCUT2D eigenvalue weighted by atomic mass is 9.50. The van der Waals surface area contributed by atoms with E-state index in [4.69, 9.17) is 6.42 Å². The zero-order valence-electron chi connectivity index (χ0n) is 7.87. The van der Waals surface area contributed by atoms with Gasteiger partial charge in [-0.25, -0.2) is 0 Å². The molecular weight excluding hydrogens is 160 g/mol. The maximum absolute atomic E-state index is 10.4. The fraction of sp³-hybridized carbons (Fsp3) is 0.833. The van der Waals surface area contributed by atoms with Crippen molar-refractivity contribution in [2.24, 2.45) is 23.7 Å². The minimum absolute atomic E-state index is 0.425. The van der Waals surface area contributed by atoms with Crippen molar-refractivity contribution in [3.8, 4) is 12.3 Å². The van der Waals surface area contributed by atoms with E-state index in [1.54, 1.807) is 0 Å². The Morgan fingerprint density at radius 2 is 1.46 bits per heavy atom. The van der Waals surface area contributed by atoms with E-state index in [9.17, 15) is 5.11 Å². The van der Waals surface area contributed by atoms with Crippen LogP contribution in [-0.2, 0) is 0 Å². The van der Waals surface area contributed by atoms with Crippen LogP contribution in [0.1, 0.15) is 32.1 Å². The molecule has 70 valence electrons. The molecule has 0 unspecified atom stereocenters. The van der Waals surface area contributed by atoms with Gasteiger partial charge in [-0.1, -0.05) is 5.92 Å². The highest BCUT2D eigenvalue weighted by atomic mass is 16.3. The molecule has 4 rings (SSSR count). The molecular formula is C12H16O. The number of aliphatic hydroxyl groups is 1. The highest BCUT2D eigenvalue weighted by Crippen LogP contribution is 2.57. The van der Waals surface area contributed by atoms with Crippen LogP contribution in [0.4, 0.5) is 0 Å². The fourth-order valence-electron chi connectivity index (χ4n) is 4.14. The van der Waals surface area contributed by atoms with E-state index in [0.29, 0.717) is 11.8 Å². The Bertz CT molecular complexity index is 245.